The number of halogens is 1. The lowest BCUT2D eigenvalue weighted by Gasteiger charge is -2.10. The van der Waals surface area contributed by atoms with E-state index < -0.39 is 0 Å². The lowest BCUT2D eigenvalue weighted by Crippen LogP contribution is -2.14. The fourth-order valence-corrected chi connectivity index (χ4v) is 2.09. The molecule has 1 aromatic heterocycles. The van der Waals surface area contributed by atoms with E-state index in [1.165, 1.54) is 5.56 Å². The third-order valence-electron chi connectivity index (χ3n) is 2.80. The zero-order chi connectivity index (χ0) is 13.0. The van der Waals surface area contributed by atoms with Crippen LogP contribution in [0, 0.1) is 0 Å². The smallest absolute Gasteiger partial charge is 0.0885 e. The molecule has 0 fully saturated rings. The standard InChI is InChI=1S/C13H17ClN4/c1-3-6-15-8-10-7-11(14)4-5-12(10)13-9-16-17-18(13)2/h4-5,7,9,15H,3,6,8H2,1-2H3. The molecule has 0 aliphatic heterocycles. The number of hydrogen-bond donors (Lipinski definition) is 1. The first-order chi connectivity index (χ1) is 8.72. The van der Waals surface area contributed by atoms with E-state index in [-0.39, 0.29) is 0 Å². The summed E-state index contributed by atoms with van der Waals surface area (Å²) in [5, 5.41) is 12.0. The second kappa shape index (κ2) is 5.98. The minimum Gasteiger partial charge on any atom is -0.313 e. The Morgan fingerprint density at radius 3 is 2.89 bits per heavy atom. The fourth-order valence-electron chi connectivity index (χ4n) is 1.89. The molecule has 0 unspecified atom stereocenters. The molecule has 4 nitrogen and oxygen atoms in total. The summed E-state index contributed by atoms with van der Waals surface area (Å²) in [5.74, 6) is 0. The molecular formula is C13H17ClN4. The summed E-state index contributed by atoms with van der Waals surface area (Å²) in [6, 6.07) is 5.91. The van der Waals surface area contributed by atoms with Crippen LogP contribution < -0.4 is 5.32 Å². The van der Waals surface area contributed by atoms with Crippen molar-refractivity contribution in [1.82, 2.24) is 20.3 Å². The molecule has 2 rings (SSSR count). The maximum atomic E-state index is 6.06. The molecule has 1 N–H and O–H groups in total. The minimum atomic E-state index is 0.752. The second-order valence-electron chi connectivity index (χ2n) is 4.22. The van der Waals surface area contributed by atoms with Gasteiger partial charge in [0.2, 0.25) is 0 Å². The third-order valence-corrected chi connectivity index (χ3v) is 3.04. The molecule has 0 saturated carbocycles. The first kappa shape index (κ1) is 13.1. The van der Waals surface area contributed by atoms with Crippen LogP contribution in [-0.4, -0.2) is 21.5 Å². The summed E-state index contributed by atoms with van der Waals surface area (Å²) in [7, 11) is 1.89. The van der Waals surface area contributed by atoms with Crippen molar-refractivity contribution in [3.63, 3.8) is 0 Å². The van der Waals surface area contributed by atoms with Crippen LogP contribution in [0.4, 0.5) is 0 Å². The maximum absolute atomic E-state index is 6.06. The van der Waals surface area contributed by atoms with Gasteiger partial charge in [-0.3, -0.25) is 0 Å². The number of aromatic nitrogens is 3. The number of aryl methyl sites for hydroxylation is 1. The van der Waals surface area contributed by atoms with Crippen LogP contribution in [0.15, 0.2) is 24.4 Å². The highest BCUT2D eigenvalue weighted by Crippen LogP contribution is 2.25. The van der Waals surface area contributed by atoms with E-state index in [9.17, 15) is 0 Å². The van der Waals surface area contributed by atoms with E-state index in [1.807, 2.05) is 25.2 Å². The van der Waals surface area contributed by atoms with E-state index in [2.05, 4.69) is 22.6 Å². The highest BCUT2D eigenvalue weighted by Gasteiger charge is 2.09. The Hall–Kier alpha value is -1.39. The summed E-state index contributed by atoms with van der Waals surface area (Å²) in [4.78, 5) is 0. The quantitative estimate of drug-likeness (QED) is 0.845. The Balaban J connectivity index is 2.32. The molecule has 18 heavy (non-hydrogen) atoms. The summed E-state index contributed by atoms with van der Waals surface area (Å²) < 4.78 is 1.77. The lowest BCUT2D eigenvalue weighted by molar-refractivity contribution is 0.674. The lowest BCUT2D eigenvalue weighted by atomic mass is 10.0. The summed E-state index contributed by atoms with van der Waals surface area (Å²) >= 11 is 6.06. The number of nitrogens with one attached hydrogen (secondary N) is 1. The van der Waals surface area contributed by atoms with Gasteiger partial charge in [-0.15, -0.1) is 5.10 Å². The van der Waals surface area contributed by atoms with E-state index >= 15 is 0 Å². The topological polar surface area (TPSA) is 42.7 Å². The van der Waals surface area contributed by atoms with Crippen LogP contribution in [0.3, 0.4) is 0 Å². The van der Waals surface area contributed by atoms with Gasteiger partial charge in [-0.2, -0.15) is 0 Å². The van der Waals surface area contributed by atoms with Crippen molar-refractivity contribution in [1.29, 1.82) is 0 Å². The van der Waals surface area contributed by atoms with Crippen molar-refractivity contribution in [3.8, 4) is 11.3 Å². The Kier molecular flexibility index (Phi) is 4.33. The van der Waals surface area contributed by atoms with Crippen LogP contribution in [0.5, 0.6) is 0 Å². The largest absolute Gasteiger partial charge is 0.313 e. The first-order valence-corrected chi connectivity index (χ1v) is 6.44. The van der Waals surface area contributed by atoms with Crippen molar-refractivity contribution >= 4 is 11.6 Å². The summed E-state index contributed by atoms with van der Waals surface area (Å²) in [5.41, 5.74) is 3.29. The zero-order valence-electron chi connectivity index (χ0n) is 10.7. The first-order valence-electron chi connectivity index (χ1n) is 6.06. The minimum absolute atomic E-state index is 0.752. The van der Waals surface area contributed by atoms with Gasteiger partial charge in [0.1, 0.15) is 0 Å². The van der Waals surface area contributed by atoms with Gasteiger partial charge in [0.05, 0.1) is 11.9 Å². The van der Waals surface area contributed by atoms with Gasteiger partial charge < -0.3 is 5.32 Å². The molecule has 0 amide bonds. The van der Waals surface area contributed by atoms with Crippen molar-refractivity contribution in [3.05, 3.63) is 35.0 Å². The van der Waals surface area contributed by atoms with E-state index in [0.29, 0.717) is 0 Å². The summed E-state index contributed by atoms with van der Waals surface area (Å²) in [6.45, 7) is 3.95. The average molecular weight is 265 g/mol. The average Bonchev–Trinajstić information content (AvgIpc) is 2.76. The van der Waals surface area contributed by atoms with E-state index in [0.717, 1.165) is 35.8 Å². The van der Waals surface area contributed by atoms with Gasteiger partial charge in [0.25, 0.3) is 0 Å². The molecule has 0 radical (unpaired) electrons. The normalized spacial score (nSPS) is 10.8. The summed E-state index contributed by atoms with van der Waals surface area (Å²) in [6.07, 6.45) is 2.88. The van der Waals surface area contributed by atoms with Crippen molar-refractivity contribution in [2.45, 2.75) is 19.9 Å². The predicted octanol–water partition coefficient (Wildman–Crippen LogP) is 2.64. The van der Waals surface area contributed by atoms with Crippen molar-refractivity contribution in [2.24, 2.45) is 7.05 Å². The molecule has 0 aliphatic rings. The third kappa shape index (κ3) is 2.89. The highest BCUT2D eigenvalue weighted by atomic mass is 35.5. The molecule has 0 atom stereocenters. The Morgan fingerprint density at radius 2 is 2.22 bits per heavy atom. The highest BCUT2D eigenvalue weighted by molar-refractivity contribution is 6.30. The van der Waals surface area contributed by atoms with Crippen LogP contribution in [0.2, 0.25) is 5.02 Å². The van der Waals surface area contributed by atoms with Gasteiger partial charge in [0.15, 0.2) is 0 Å². The molecule has 1 heterocycles. The van der Waals surface area contributed by atoms with Gasteiger partial charge in [0, 0.05) is 24.2 Å². The number of nitrogens with zero attached hydrogens (tertiary/aromatic N) is 3. The van der Waals surface area contributed by atoms with E-state index in [1.54, 1.807) is 10.9 Å². The van der Waals surface area contributed by atoms with Crippen LogP contribution >= 0.6 is 11.6 Å². The molecule has 96 valence electrons. The molecule has 0 bridgehead atoms. The van der Waals surface area contributed by atoms with Gasteiger partial charge >= 0.3 is 0 Å². The van der Waals surface area contributed by atoms with Gasteiger partial charge in [-0.1, -0.05) is 29.8 Å². The number of benzene rings is 1. The Labute approximate surface area is 112 Å². The molecule has 0 spiro atoms. The zero-order valence-corrected chi connectivity index (χ0v) is 11.4. The SMILES string of the molecule is CCCNCc1cc(Cl)ccc1-c1cnnn1C. The monoisotopic (exact) mass is 264 g/mol. The predicted molar refractivity (Wildman–Crippen MR) is 73.4 cm³/mol. The number of hydrogen-bond acceptors (Lipinski definition) is 3. The number of rotatable bonds is 5. The molecule has 0 aliphatic carbocycles. The Bertz CT molecular complexity index is 521. The van der Waals surface area contributed by atoms with Crippen LogP contribution in [0.1, 0.15) is 18.9 Å². The van der Waals surface area contributed by atoms with E-state index in [4.69, 9.17) is 11.6 Å². The van der Waals surface area contributed by atoms with Gasteiger partial charge in [-0.25, -0.2) is 4.68 Å². The molecule has 2 aromatic rings. The molecular weight excluding hydrogens is 248 g/mol. The van der Waals surface area contributed by atoms with Crippen LogP contribution in [0.25, 0.3) is 11.3 Å². The maximum Gasteiger partial charge on any atom is 0.0885 e. The fraction of sp³-hybridized carbons (Fsp3) is 0.385. The Morgan fingerprint density at radius 1 is 1.39 bits per heavy atom. The van der Waals surface area contributed by atoms with Gasteiger partial charge in [-0.05, 0) is 30.7 Å². The van der Waals surface area contributed by atoms with Crippen LogP contribution in [-0.2, 0) is 13.6 Å². The molecule has 1 aromatic carbocycles. The van der Waals surface area contributed by atoms with Crippen molar-refractivity contribution < 1.29 is 0 Å². The molecule has 5 heteroatoms. The second-order valence-corrected chi connectivity index (χ2v) is 4.66. The van der Waals surface area contributed by atoms with Crippen molar-refractivity contribution in [2.75, 3.05) is 6.54 Å². The molecule has 0 saturated heterocycles.